The first-order valence-electron chi connectivity index (χ1n) is 11.1. The molecule has 1 aliphatic carbocycles. The van der Waals surface area contributed by atoms with Gasteiger partial charge < -0.3 is 18.8 Å². The van der Waals surface area contributed by atoms with Crippen molar-refractivity contribution >= 4 is 23.8 Å². The Morgan fingerprint density at radius 3 is 2.50 bits per heavy atom. The van der Waals surface area contributed by atoms with Gasteiger partial charge in [0.1, 0.15) is 11.7 Å². The maximum absolute atomic E-state index is 12.5. The summed E-state index contributed by atoms with van der Waals surface area (Å²) in [6, 6.07) is -0.656. The maximum atomic E-state index is 12.5. The van der Waals surface area contributed by atoms with E-state index in [1.54, 1.807) is 24.7 Å². The molecule has 4 atom stereocenters. The fourth-order valence-electron chi connectivity index (χ4n) is 4.93. The zero-order chi connectivity index (χ0) is 23.3. The zero-order valence-electron chi connectivity index (χ0n) is 18.8. The molecule has 1 aromatic heterocycles. The number of Topliss-reactive ketones (excluding diaryl/α,β-unsaturated/α-hetero) is 1. The lowest BCUT2D eigenvalue weighted by molar-refractivity contribution is -0.152. The van der Waals surface area contributed by atoms with Crippen LogP contribution in [-0.4, -0.2) is 71.2 Å². The monoisotopic (exact) mass is 449 g/mol. The number of carbonyl (C=O) groups is 4. The normalized spacial score (nSPS) is 24.9. The zero-order valence-corrected chi connectivity index (χ0v) is 18.8. The van der Waals surface area contributed by atoms with Crippen LogP contribution >= 0.6 is 0 Å². The number of fused-ring (bicyclic) bond motifs is 1. The molecule has 1 aliphatic heterocycles. The maximum Gasteiger partial charge on any atom is 0.410 e. The van der Waals surface area contributed by atoms with Crippen molar-refractivity contribution in [3.63, 3.8) is 0 Å². The highest BCUT2D eigenvalue weighted by Crippen LogP contribution is 2.42. The van der Waals surface area contributed by atoms with Crippen LogP contribution in [0.25, 0.3) is 0 Å². The van der Waals surface area contributed by atoms with Gasteiger partial charge in [-0.1, -0.05) is 0 Å². The molecule has 0 aromatic carbocycles. The molecule has 0 N–H and O–H groups in total. The van der Waals surface area contributed by atoms with E-state index in [2.05, 4.69) is 4.98 Å². The number of ether oxygens (including phenoxy) is 3. The summed E-state index contributed by atoms with van der Waals surface area (Å²) in [6.45, 7) is 4.78. The summed E-state index contributed by atoms with van der Waals surface area (Å²) in [5.74, 6) is -1.21. The number of ketones is 1. The minimum absolute atomic E-state index is 0.134. The second kappa shape index (κ2) is 10.6. The lowest BCUT2D eigenvalue weighted by atomic mass is 9.69. The minimum atomic E-state index is -0.884. The summed E-state index contributed by atoms with van der Waals surface area (Å²) >= 11 is 0. The summed E-state index contributed by atoms with van der Waals surface area (Å²) < 4.78 is 16.6. The second-order valence-electron chi connectivity index (χ2n) is 8.31. The predicted octanol–water partition coefficient (Wildman–Crippen LogP) is 2.07. The Morgan fingerprint density at radius 2 is 1.81 bits per heavy atom. The van der Waals surface area contributed by atoms with Crippen LogP contribution in [0.2, 0.25) is 0 Å². The number of methoxy groups -OCH3 is 1. The van der Waals surface area contributed by atoms with E-state index < -0.39 is 29.9 Å². The number of esters is 2. The molecule has 10 nitrogen and oxygen atoms in total. The minimum Gasteiger partial charge on any atom is -0.464 e. The van der Waals surface area contributed by atoms with Crippen LogP contribution in [0.4, 0.5) is 4.79 Å². The molecule has 2 aliphatic rings. The van der Waals surface area contributed by atoms with E-state index in [4.69, 9.17) is 14.2 Å². The average Bonchev–Trinajstić information content (AvgIpc) is 3.25. The SMILES string of the molecule is CCOC(=O)C(=O)c1cncn1CC1CCC2CN(C(=O)OC)C(C(=O)OCC)CC2C1. The van der Waals surface area contributed by atoms with Crippen LogP contribution in [0, 0.1) is 17.8 Å². The van der Waals surface area contributed by atoms with Gasteiger partial charge in [-0.05, 0) is 57.3 Å². The Hall–Kier alpha value is -2.91. The van der Waals surface area contributed by atoms with Gasteiger partial charge in [-0.25, -0.2) is 19.4 Å². The fourth-order valence-corrected chi connectivity index (χ4v) is 4.93. The number of hydrogen-bond donors (Lipinski definition) is 0. The number of hydrogen-bond acceptors (Lipinski definition) is 8. The molecule has 176 valence electrons. The van der Waals surface area contributed by atoms with E-state index in [-0.39, 0.29) is 36.7 Å². The third-order valence-corrected chi connectivity index (χ3v) is 6.41. The lowest BCUT2D eigenvalue weighted by Gasteiger charge is -2.46. The Balaban J connectivity index is 1.69. The summed E-state index contributed by atoms with van der Waals surface area (Å²) in [5.41, 5.74) is 0.218. The van der Waals surface area contributed by atoms with Crippen LogP contribution in [0.1, 0.15) is 50.0 Å². The molecule has 1 aromatic rings. The average molecular weight is 450 g/mol. The quantitative estimate of drug-likeness (QED) is 0.269. The van der Waals surface area contributed by atoms with Gasteiger partial charge in [-0.15, -0.1) is 0 Å². The number of carbonyl (C=O) groups excluding carboxylic acids is 4. The number of amides is 1. The standard InChI is InChI=1S/C22H31N3O7/c1-4-31-20(27)17-9-16-8-14(6-7-15(16)12-25(17)22(29)30-3)11-24-13-23-10-18(24)19(26)21(28)32-5-2/h10,13-17H,4-9,11-12H2,1-3H3. The summed E-state index contributed by atoms with van der Waals surface area (Å²) in [7, 11) is 1.31. The van der Waals surface area contributed by atoms with Gasteiger partial charge in [0.05, 0.1) is 32.8 Å². The highest BCUT2D eigenvalue weighted by atomic mass is 16.6. The van der Waals surface area contributed by atoms with Crippen molar-refractivity contribution in [1.29, 1.82) is 0 Å². The summed E-state index contributed by atoms with van der Waals surface area (Å²) in [4.78, 5) is 54.5. The van der Waals surface area contributed by atoms with Crippen LogP contribution in [-0.2, 0) is 30.3 Å². The molecular formula is C22H31N3O7. The van der Waals surface area contributed by atoms with Crippen molar-refractivity contribution in [3.8, 4) is 0 Å². The molecule has 2 heterocycles. The van der Waals surface area contributed by atoms with Crippen LogP contribution in [0.3, 0.4) is 0 Å². The molecule has 0 bridgehead atoms. The molecule has 3 rings (SSSR count). The first kappa shape index (κ1) is 23.7. The smallest absolute Gasteiger partial charge is 0.410 e. The molecule has 0 spiro atoms. The van der Waals surface area contributed by atoms with Crippen molar-refractivity contribution in [1.82, 2.24) is 14.5 Å². The van der Waals surface area contributed by atoms with Crippen LogP contribution in [0.5, 0.6) is 0 Å². The fraction of sp³-hybridized carbons (Fsp3) is 0.682. The van der Waals surface area contributed by atoms with Crippen molar-refractivity contribution in [2.75, 3.05) is 26.9 Å². The van der Waals surface area contributed by atoms with Gasteiger partial charge >= 0.3 is 18.0 Å². The second-order valence-corrected chi connectivity index (χ2v) is 8.31. The van der Waals surface area contributed by atoms with Crippen LogP contribution in [0.15, 0.2) is 12.5 Å². The van der Waals surface area contributed by atoms with Gasteiger partial charge in [0, 0.05) is 13.1 Å². The largest absolute Gasteiger partial charge is 0.464 e. The van der Waals surface area contributed by atoms with E-state index in [0.29, 0.717) is 19.5 Å². The first-order chi connectivity index (χ1) is 15.4. The molecule has 0 radical (unpaired) electrons. The van der Waals surface area contributed by atoms with E-state index in [1.807, 2.05) is 0 Å². The lowest BCUT2D eigenvalue weighted by Crippen LogP contribution is -2.55. The van der Waals surface area contributed by atoms with Gasteiger partial charge in [0.15, 0.2) is 0 Å². The highest BCUT2D eigenvalue weighted by Gasteiger charge is 2.44. The predicted molar refractivity (Wildman–Crippen MR) is 112 cm³/mol. The summed E-state index contributed by atoms with van der Waals surface area (Å²) in [5, 5.41) is 0. The Kier molecular flexibility index (Phi) is 7.87. The highest BCUT2D eigenvalue weighted by molar-refractivity contribution is 6.40. The third kappa shape index (κ3) is 5.11. The van der Waals surface area contributed by atoms with Gasteiger partial charge in [-0.2, -0.15) is 0 Å². The number of aromatic nitrogens is 2. The molecule has 32 heavy (non-hydrogen) atoms. The molecule has 1 amide bonds. The Bertz CT molecular complexity index is 852. The molecule has 1 saturated heterocycles. The molecule has 10 heteroatoms. The Labute approximate surface area is 187 Å². The topological polar surface area (TPSA) is 117 Å². The first-order valence-corrected chi connectivity index (χ1v) is 11.1. The van der Waals surface area contributed by atoms with Crippen molar-refractivity contribution in [3.05, 3.63) is 18.2 Å². The Morgan fingerprint density at radius 1 is 1.06 bits per heavy atom. The molecular weight excluding hydrogens is 418 g/mol. The number of piperidine rings is 1. The number of imidazole rings is 1. The number of likely N-dealkylation sites (tertiary alicyclic amines) is 1. The van der Waals surface area contributed by atoms with Crippen molar-refractivity contribution in [2.45, 2.75) is 52.1 Å². The van der Waals surface area contributed by atoms with Crippen molar-refractivity contribution < 1.29 is 33.4 Å². The molecule has 1 saturated carbocycles. The number of nitrogens with zero attached hydrogens (tertiary/aromatic N) is 3. The number of rotatable bonds is 7. The molecule has 2 fully saturated rings. The molecule has 4 unspecified atom stereocenters. The van der Waals surface area contributed by atoms with Gasteiger partial charge in [0.2, 0.25) is 0 Å². The van der Waals surface area contributed by atoms with E-state index >= 15 is 0 Å². The van der Waals surface area contributed by atoms with E-state index in [1.165, 1.54) is 18.2 Å². The summed E-state index contributed by atoms with van der Waals surface area (Å²) in [6.07, 6.45) is 5.61. The van der Waals surface area contributed by atoms with Crippen LogP contribution < -0.4 is 0 Å². The van der Waals surface area contributed by atoms with E-state index in [9.17, 15) is 19.2 Å². The van der Waals surface area contributed by atoms with E-state index in [0.717, 1.165) is 19.3 Å². The van der Waals surface area contributed by atoms with Gasteiger partial charge in [-0.3, -0.25) is 9.69 Å². The van der Waals surface area contributed by atoms with Gasteiger partial charge in [0.25, 0.3) is 5.78 Å². The van der Waals surface area contributed by atoms with Crippen molar-refractivity contribution in [2.24, 2.45) is 17.8 Å². The third-order valence-electron chi connectivity index (χ3n) is 6.41.